The Bertz CT molecular complexity index is 989. The fourth-order valence-corrected chi connectivity index (χ4v) is 3.38. The van der Waals surface area contributed by atoms with E-state index in [-0.39, 0.29) is 10.8 Å². The minimum atomic E-state index is 0.0292. The largest absolute Gasteiger partial charge is 0.257 e. The Balaban J connectivity index is 2.13. The van der Waals surface area contributed by atoms with Crippen LogP contribution in [0.15, 0.2) is 30.5 Å². The summed E-state index contributed by atoms with van der Waals surface area (Å²) in [6.45, 7) is 17.5. The molecule has 142 valence electrons. The van der Waals surface area contributed by atoms with Gasteiger partial charge >= 0.3 is 0 Å². The van der Waals surface area contributed by atoms with Crippen molar-refractivity contribution in [2.75, 3.05) is 0 Å². The molecule has 3 nitrogen and oxygen atoms in total. The van der Waals surface area contributed by atoms with Crippen LogP contribution in [0.1, 0.15) is 75.4 Å². The van der Waals surface area contributed by atoms with Crippen molar-refractivity contribution in [2.24, 2.45) is 0 Å². The van der Waals surface area contributed by atoms with Crippen molar-refractivity contribution in [3.05, 3.63) is 64.4 Å². The molecule has 0 saturated heterocycles. The summed E-state index contributed by atoms with van der Waals surface area (Å²) < 4.78 is 0. The lowest BCUT2D eigenvalue weighted by atomic mass is 9.81. The number of rotatable bonds is 2. The third-order valence-electron chi connectivity index (χ3n) is 4.99. The fourth-order valence-electron chi connectivity index (χ4n) is 3.38. The van der Waals surface area contributed by atoms with Gasteiger partial charge in [0.2, 0.25) is 0 Å². The number of hydrogen-bond acceptors (Lipinski definition) is 3. The van der Waals surface area contributed by atoms with Crippen LogP contribution in [-0.2, 0) is 17.3 Å². The molecule has 3 rings (SSSR count). The van der Waals surface area contributed by atoms with Gasteiger partial charge in [-0.05, 0) is 48.6 Å². The van der Waals surface area contributed by atoms with Crippen LogP contribution in [0, 0.1) is 13.8 Å². The van der Waals surface area contributed by atoms with Crippen molar-refractivity contribution in [1.29, 1.82) is 0 Å². The van der Waals surface area contributed by atoms with Gasteiger partial charge in [0.15, 0.2) is 0 Å². The predicted octanol–water partition coefficient (Wildman–Crippen LogP) is 5.83. The van der Waals surface area contributed by atoms with Crippen molar-refractivity contribution in [2.45, 2.75) is 72.6 Å². The van der Waals surface area contributed by atoms with Gasteiger partial charge in [-0.1, -0.05) is 47.6 Å². The van der Waals surface area contributed by atoms with Crippen LogP contribution in [0.25, 0.3) is 10.9 Å². The molecule has 0 spiro atoms. The number of aryl methyl sites for hydroxylation is 2. The van der Waals surface area contributed by atoms with Crippen LogP contribution in [0.2, 0.25) is 0 Å². The van der Waals surface area contributed by atoms with Gasteiger partial charge in [-0.25, -0.2) is 0 Å². The first-order chi connectivity index (χ1) is 12.4. The molecule has 0 atom stereocenters. The average Bonchev–Trinajstić information content (AvgIpc) is 2.54. The zero-order valence-corrected chi connectivity index (χ0v) is 17.9. The SMILES string of the molecule is Cc1cnc(Cc2ccc3nc(C(C)(C)C)cc(C(C)(C)C)c3c2)c(C)n1. The topological polar surface area (TPSA) is 38.7 Å². The van der Waals surface area contributed by atoms with Crippen molar-refractivity contribution < 1.29 is 0 Å². The van der Waals surface area contributed by atoms with E-state index < -0.39 is 0 Å². The first-order valence-corrected chi connectivity index (χ1v) is 9.69. The van der Waals surface area contributed by atoms with E-state index in [0.717, 1.165) is 34.7 Å². The number of aromatic nitrogens is 3. The molecule has 1 aromatic carbocycles. The van der Waals surface area contributed by atoms with Crippen LogP contribution >= 0.6 is 0 Å². The van der Waals surface area contributed by atoms with Crippen LogP contribution in [0.4, 0.5) is 0 Å². The summed E-state index contributed by atoms with van der Waals surface area (Å²) >= 11 is 0. The second-order valence-electron chi connectivity index (χ2n) is 9.63. The Labute approximate surface area is 163 Å². The van der Waals surface area contributed by atoms with Crippen molar-refractivity contribution in [1.82, 2.24) is 15.0 Å². The second kappa shape index (κ2) is 6.70. The highest BCUT2D eigenvalue weighted by Gasteiger charge is 2.23. The standard InChI is InChI=1S/C24H31N3/c1-15-14-25-21(16(2)26-15)12-17-9-10-20-18(11-17)19(23(3,4)5)13-22(27-20)24(6,7)8/h9-11,13-14H,12H2,1-8H3. The lowest BCUT2D eigenvalue weighted by Gasteiger charge is -2.26. The van der Waals surface area contributed by atoms with E-state index in [1.807, 2.05) is 20.0 Å². The molecule has 0 aliphatic heterocycles. The quantitative estimate of drug-likeness (QED) is 0.576. The highest BCUT2D eigenvalue weighted by molar-refractivity contribution is 5.84. The first-order valence-electron chi connectivity index (χ1n) is 9.69. The lowest BCUT2D eigenvalue weighted by Crippen LogP contribution is -2.18. The summed E-state index contributed by atoms with van der Waals surface area (Å²) in [6, 6.07) is 8.92. The van der Waals surface area contributed by atoms with E-state index in [4.69, 9.17) is 4.98 Å². The minimum absolute atomic E-state index is 0.0292. The maximum atomic E-state index is 4.97. The van der Waals surface area contributed by atoms with E-state index in [0.29, 0.717) is 0 Å². The Hall–Kier alpha value is -2.29. The Kier molecular flexibility index (Phi) is 4.83. The molecule has 3 aromatic rings. The Morgan fingerprint density at radius 2 is 1.56 bits per heavy atom. The number of nitrogens with zero attached hydrogens (tertiary/aromatic N) is 3. The summed E-state index contributed by atoms with van der Waals surface area (Å²) in [4.78, 5) is 14.1. The summed E-state index contributed by atoms with van der Waals surface area (Å²) in [6.07, 6.45) is 2.64. The zero-order valence-electron chi connectivity index (χ0n) is 17.9. The fraction of sp³-hybridized carbons (Fsp3) is 0.458. The van der Waals surface area contributed by atoms with Gasteiger partial charge in [-0.2, -0.15) is 0 Å². The van der Waals surface area contributed by atoms with Crippen LogP contribution in [0.5, 0.6) is 0 Å². The number of benzene rings is 1. The maximum absolute atomic E-state index is 4.97. The van der Waals surface area contributed by atoms with Crippen molar-refractivity contribution in [3.8, 4) is 0 Å². The molecular weight excluding hydrogens is 330 g/mol. The highest BCUT2D eigenvalue weighted by atomic mass is 14.8. The highest BCUT2D eigenvalue weighted by Crippen LogP contribution is 2.34. The van der Waals surface area contributed by atoms with Crippen LogP contribution in [-0.4, -0.2) is 15.0 Å². The van der Waals surface area contributed by atoms with Crippen molar-refractivity contribution >= 4 is 10.9 Å². The third-order valence-corrected chi connectivity index (χ3v) is 4.99. The number of pyridine rings is 1. The lowest BCUT2D eigenvalue weighted by molar-refractivity contribution is 0.558. The summed E-state index contributed by atoms with van der Waals surface area (Å²) in [5.74, 6) is 0. The van der Waals surface area contributed by atoms with Gasteiger partial charge in [0.25, 0.3) is 0 Å². The molecule has 3 heteroatoms. The molecular formula is C24H31N3. The zero-order chi connectivity index (χ0) is 20.0. The smallest absolute Gasteiger partial charge is 0.0708 e. The van der Waals surface area contributed by atoms with E-state index in [1.54, 1.807) is 0 Å². The molecule has 0 radical (unpaired) electrons. The number of fused-ring (bicyclic) bond motifs is 1. The molecule has 0 saturated carbocycles. The molecule has 27 heavy (non-hydrogen) atoms. The van der Waals surface area contributed by atoms with Gasteiger partial charge in [0, 0.05) is 29.1 Å². The average molecular weight is 362 g/mol. The maximum Gasteiger partial charge on any atom is 0.0708 e. The van der Waals surface area contributed by atoms with E-state index in [2.05, 4.69) is 75.8 Å². The molecule has 0 bridgehead atoms. The molecule has 0 fully saturated rings. The van der Waals surface area contributed by atoms with E-state index in [9.17, 15) is 0 Å². The van der Waals surface area contributed by atoms with Crippen molar-refractivity contribution in [3.63, 3.8) is 0 Å². The normalized spacial score (nSPS) is 12.6. The van der Waals surface area contributed by atoms with Gasteiger partial charge in [0.1, 0.15) is 0 Å². The summed E-state index contributed by atoms with van der Waals surface area (Å²) in [5.41, 5.74) is 7.91. The Morgan fingerprint density at radius 3 is 2.15 bits per heavy atom. The van der Waals surface area contributed by atoms with Gasteiger partial charge in [-0.3, -0.25) is 15.0 Å². The van der Waals surface area contributed by atoms with E-state index in [1.165, 1.54) is 16.5 Å². The molecule has 0 aliphatic carbocycles. The molecule has 0 aliphatic rings. The van der Waals surface area contributed by atoms with Gasteiger partial charge < -0.3 is 0 Å². The Morgan fingerprint density at radius 1 is 0.852 bits per heavy atom. The molecule has 0 amide bonds. The minimum Gasteiger partial charge on any atom is -0.257 e. The first kappa shape index (κ1) is 19.5. The van der Waals surface area contributed by atoms with Crippen LogP contribution < -0.4 is 0 Å². The van der Waals surface area contributed by atoms with E-state index >= 15 is 0 Å². The van der Waals surface area contributed by atoms with Gasteiger partial charge in [-0.15, -0.1) is 0 Å². The summed E-state index contributed by atoms with van der Waals surface area (Å²) in [7, 11) is 0. The second-order valence-corrected chi connectivity index (χ2v) is 9.63. The molecule has 2 aromatic heterocycles. The monoisotopic (exact) mass is 361 g/mol. The van der Waals surface area contributed by atoms with Crippen LogP contribution in [0.3, 0.4) is 0 Å². The molecule has 0 unspecified atom stereocenters. The predicted molar refractivity (Wildman–Crippen MR) is 113 cm³/mol. The summed E-state index contributed by atoms with van der Waals surface area (Å²) in [5, 5.41) is 1.24. The molecule has 2 heterocycles. The third kappa shape index (κ3) is 4.18. The number of hydrogen-bond donors (Lipinski definition) is 0. The van der Waals surface area contributed by atoms with Gasteiger partial charge in [0.05, 0.1) is 22.6 Å². The molecule has 0 N–H and O–H groups in total.